The van der Waals surface area contributed by atoms with Gasteiger partial charge in [0.2, 0.25) is 0 Å². The molecule has 116 valence electrons. The highest BCUT2D eigenvalue weighted by Crippen LogP contribution is 2.13. The molecule has 0 unspecified atom stereocenters. The van der Waals surface area contributed by atoms with Crippen LogP contribution in [-0.2, 0) is 6.42 Å². The molecule has 0 saturated carbocycles. The second kappa shape index (κ2) is 6.87. The van der Waals surface area contributed by atoms with E-state index in [1.807, 2.05) is 49.4 Å². The van der Waals surface area contributed by atoms with E-state index in [0.717, 1.165) is 23.4 Å². The number of aromatic nitrogens is 3. The third kappa shape index (κ3) is 3.45. The monoisotopic (exact) mass is 306 g/mol. The molecule has 0 saturated heterocycles. The van der Waals surface area contributed by atoms with Crippen LogP contribution < -0.4 is 5.32 Å². The molecule has 5 nitrogen and oxygen atoms in total. The maximum Gasteiger partial charge on any atom is 0.254 e. The molecule has 2 heterocycles. The van der Waals surface area contributed by atoms with Gasteiger partial charge in [-0.15, -0.1) is 0 Å². The average molecular weight is 306 g/mol. The van der Waals surface area contributed by atoms with Gasteiger partial charge in [-0.3, -0.25) is 9.78 Å². The minimum atomic E-state index is -0.0984. The third-order valence-corrected chi connectivity index (χ3v) is 3.70. The Morgan fingerprint density at radius 2 is 1.87 bits per heavy atom. The van der Waals surface area contributed by atoms with Crippen molar-refractivity contribution in [2.45, 2.75) is 13.3 Å². The second-order valence-corrected chi connectivity index (χ2v) is 5.25. The summed E-state index contributed by atoms with van der Waals surface area (Å²) in [5, 5.41) is 7.26. The highest BCUT2D eigenvalue weighted by Gasteiger charge is 2.14. The highest BCUT2D eigenvalue weighted by molar-refractivity contribution is 5.95. The molecule has 0 aliphatic rings. The maximum absolute atomic E-state index is 12.3. The zero-order valence-electron chi connectivity index (χ0n) is 12.9. The van der Waals surface area contributed by atoms with E-state index in [4.69, 9.17) is 0 Å². The van der Waals surface area contributed by atoms with E-state index in [1.54, 1.807) is 23.3 Å². The third-order valence-electron chi connectivity index (χ3n) is 3.70. The number of carbonyl (C=O) groups is 1. The lowest BCUT2D eigenvalue weighted by Gasteiger charge is -2.06. The van der Waals surface area contributed by atoms with Crippen molar-refractivity contribution < 1.29 is 4.79 Å². The number of rotatable bonds is 5. The number of hydrogen-bond donors (Lipinski definition) is 1. The normalized spacial score (nSPS) is 10.5. The molecule has 1 aromatic carbocycles. The lowest BCUT2D eigenvalue weighted by molar-refractivity contribution is 0.0953. The van der Waals surface area contributed by atoms with Gasteiger partial charge in [0, 0.05) is 18.9 Å². The molecule has 0 fully saturated rings. The first-order valence-electron chi connectivity index (χ1n) is 7.53. The van der Waals surface area contributed by atoms with Crippen molar-refractivity contribution in [2.24, 2.45) is 0 Å². The fraction of sp³-hybridized carbons (Fsp3) is 0.167. The minimum Gasteiger partial charge on any atom is -0.352 e. The van der Waals surface area contributed by atoms with E-state index in [1.165, 1.54) is 0 Å². The molecule has 3 aromatic rings. The number of benzene rings is 1. The first-order chi connectivity index (χ1) is 11.3. The van der Waals surface area contributed by atoms with Crippen LogP contribution in [0.5, 0.6) is 0 Å². The number of pyridine rings is 1. The largest absolute Gasteiger partial charge is 0.352 e. The van der Waals surface area contributed by atoms with Crippen molar-refractivity contribution in [2.75, 3.05) is 6.54 Å². The van der Waals surface area contributed by atoms with E-state index in [0.29, 0.717) is 12.1 Å². The first-order valence-corrected chi connectivity index (χ1v) is 7.53. The number of nitrogens with zero attached hydrogens (tertiary/aromatic N) is 3. The van der Waals surface area contributed by atoms with Crippen molar-refractivity contribution in [1.29, 1.82) is 0 Å². The van der Waals surface area contributed by atoms with Crippen LogP contribution in [0, 0.1) is 6.92 Å². The molecular formula is C18H18N4O. The minimum absolute atomic E-state index is 0.0984. The Kier molecular flexibility index (Phi) is 4.47. The number of carbonyl (C=O) groups excluding carboxylic acids is 1. The number of hydrogen-bond acceptors (Lipinski definition) is 3. The summed E-state index contributed by atoms with van der Waals surface area (Å²) < 4.78 is 1.78. The van der Waals surface area contributed by atoms with E-state index < -0.39 is 0 Å². The topological polar surface area (TPSA) is 59.8 Å². The lowest BCUT2D eigenvalue weighted by Crippen LogP contribution is -2.26. The number of amides is 1. The molecule has 5 heteroatoms. The van der Waals surface area contributed by atoms with Gasteiger partial charge in [-0.05, 0) is 43.2 Å². The van der Waals surface area contributed by atoms with Gasteiger partial charge >= 0.3 is 0 Å². The van der Waals surface area contributed by atoms with Crippen LogP contribution in [0.2, 0.25) is 0 Å². The smallest absolute Gasteiger partial charge is 0.254 e. The maximum atomic E-state index is 12.3. The standard InChI is InChI=1S/C18H18N4O/c1-14-17(13-21-22(14)16-5-3-2-4-6-16)18(23)20-12-9-15-7-10-19-11-8-15/h2-8,10-11,13H,9,12H2,1H3,(H,20,23). The Morgan fingerprint density at radius 1 is 1.13 bits per heavy atom. The number of nitrogens with one attached hydrogen (secondary N) is 1. The van der Waals surface area contributed by atoms with Crippen LogP contribution in [0.4, 0.5) is 0 Å². The zero-order valence-corrected chi connectivity index (χ0v) is 12.9. The first kappa shape index (κ1) is 15.0. The molecule has 0 radical (unpaired) electrons. The van der Waals surface area contributed by atoms with Gasteiger partial charge in [-0.1, -0.05) is 18.2 Å². The van der Waals surface area contributed by atoms with Crippen molar-refractivity contribution in [3.63, 3.8) is 0 Å². The lowest BCUT2D eigenvalue weighted by atomic mass is 10.2. The molecule has 0 spiro atoms. The Balaban J connectivity index is 1.65. The van der Waals surface area contributed by atoms with Crippen LogP contribution >= 0.6 is 0 Å². The average Bonchev–Trinajstić information content (AvgIpc) is 2.98. The van der Waals surface area contributed by atoms with Crippen LogP contribution in [0.15, 0.2) is 61.1 Å². The van der Waals surface area contributed by atoms with Gasteiger partial charge in [0.15, 0.2) is 0 Å². The molecule has 23 heavy (non-hydrogen) atoms. The molecular weight excluding hydrogens is 288 g/mol. The highest BCUT2D eigenvalue weighted by atomic mass is 16.1. The van der Waals surface area contributed by atoms with E-state index in [-0.39, 0.29) is 5.91 Å². The van der Waals surface area contributed by atoms with Crippen LogP contribution in [0.3, 0.4) is 0 Å². The van der Waals surface area contributed by atoms with E-state index in [9.17, 15) is 4.79 Å². The summed E-state index contributed by atoms with van der Waals surface area (Å²) >= 11 is 0. The summed E-state index contributed by atoms with van der Waals surface area (Å²) in [6.45, 7) is 2.48. The fourth-order valence-electron chi connectivity index (χ4n) is 2.43. The van der Waals surface area contributed by atoms with E-state index in [2.05, 4.69) is 15.4 Å². The van der Waals surface area contributed by atoms with E-state index >= 15 is 0 Å². The second-order valence-electron chi connectivity index (χ2n) is 5.25. The van der Waals surface area contributed by atoms with Crippen molar-refractivity contribution in [3.05, 3.63) is 77.9 Å². The quantitative estimate of drug-likeness (QED) is 0.788. The molecule has 3 rings (SSSR count). The molecule has 0 atom stereocenters. The molecule has 0 bridgehead atoms. The molecule has 2 aromatic heterocycles. The Labute approximate surface area is 135 Å². The Morgan fingerprint density at radius 3 is 2.61 bits per heavy atom. The predicted molar refractivity (Wildman–Crippen MR) is 88.6 cm³/mol. The van der Waals surface area contributed by atoms with Crippen LogP contribution in [0.1, 0.15) is 21.6 Å². The van der Waals surface area contributed by atoms with Crippen LogP contribution in [0.25, 0.3) is 5.69 Å². The molecule has 0 aliphatic carbocycles. The zero-order chi connectivity index (χ0) is 16.1. The summed E-state index contributed by atoms with van der Waals surface area (Å²) in [5.41, 5.74) is 3.53. The van der Waals surface area contributed by atoms with Crippen molar-refractivity contribution in [3.8, 4) is 5.69 Å². The van der Waals surface area contributed by atoms with Gasteiger partial charge in [0.05, 0.1) is 23.1 Å². The summed E-state index contributed by atoms with van der Waals surface area (Å²) in [7, 11) is 0. The Bertz CT molecular complexity index is 781. The molecule has 1 amide bonds. The predicted octanol–water partition coefficient (Wildman–Crippen LogP) is 2.55. The summed E-state index contributed by atoms with van der Waals surface area (Å²) in [6, 6.07) is 13.7. The summed E-state index contributed by atoms with van der Waals surface area (Å²) in [5.74, 6) is -0.0984. The van der Waals surface area contributed by atoms with Crippen LogP contribution in [-0.4, -0.2) is 27.2 Å². The number of para-hydroxylation sites is 1. The van der Waals surface area contributed by atoms with Crippen molar-refractivity contribution in [1.82, 2.24) is 20.1 Å². The fourth-order valence-corrected chi connectivity index (χ4v) is 2.43. The van der Waals surface area contributed by atoms with Crippen molar-refractivity contribution >= 4 is 5.91 Å². The van der Waals surface area contributed by atoms with Gasteiger partial charge < -0.3 is 5.32 Å². The summed E-state index contributed by atoms with van der Waals surface area (Å²) in [6.07, 6.45) is 5.90. The van der Waals surface area contributed by atoms with Gasteiger partial charge in [0.25, 0.3) is 5.91 Å². The van der Waals surface area contributed by atoms with Gasteiger partial charge in [-0.2, -0.15) is 5.10 Å². The van der Waals surface area contributed by atoms with Gasteiger partial charge in [0.1, 0.15) is 0 Å². The summed E-state index contributed by atoms with van der Waals surface area (Å²) in [4.78, 5) is 16.3. The molecule has 1 N–H and O–H groups in total. The Hall–Kier alpha value is -2.95. The molecule has 0 aliphatic heterocycles. The SMILES string of the molecule is Cc1c(C(=O)NCCc2ccncc2)cnn1-c1ccccc1. The van der Waals surface area contributed by atoms with Gasteiger partial charge in [-0.25, -0.2) is 4.68 Å².